The van der Waals surface area contributed by atoms with Crippen LogP contribution in [0, 0.1) is 0 Å². The van der Waals surface area contributed by atoms with E-state index in [1.807, 2.05) is 24.3 Å². The number of anilines is 1. The van der Waals surface area contributed by atoms with Crippen LogP contribution in [0.25, 0.3) is 11.1 Å². The lowest BCUT2D eigenvalue weighted by Gasteiger charge is -2.13. The minimum atomic E-state index is -4.67. The number of rotatable bonds is 1. The van der Waals surface area contributed by atoms with E-state index in [9.17, 15) is 10.0 Å². The molecule has 23 heavy (non-hydrogen) atoms. The van der Waals surface area contributed by atoms with E-state index in [4.69, 9.17) is 17.5 Å². The number of amides is 1. The maximum absolute atomic E-state index is 11.1. The zero-order valence-electron chi connectivity index (χ0n) is 12.2. The second kappa shape index (κ2) is 6.47. The van der Waals surface area contributed by atoms with E-state index in [1.165, 1.54) is 23.6 Å². The predicted molar refractivity (Wildman–Crippen MR) is 83.8 cm³/mol. The van der Waals surface area contributed by atoms with Crippen molar-refractivity contribution in [1.29, 1.82) is 0 Å². The van der Waals surface area contributed by atoms with E-state index in [1.54, 1.807) is 6.07 Å². The number of carbonyl (C=O) groups excluding carboxylic acids is 1. The predicted octanol–water partition coefficient (Wildman–Crippen LogP) is 2.35. The van der Waals surface area contributed by atoms with Gasteiger partial charge in [0.25, 0.3) is 0 Å². The Kier molecular flexibility index (Phi) is 4.81. The Balaban J connectivity index is 0.000000338. The van der Waals surface area contributed by atoms with Gasteiger partial charge in [0.2, 0.25) is 5.91 Å². The summed E-state index contributed by atoms with van der Waals surface area (Å²) in [7, 11) is -4.67. The van der Waals surface area contributed by atoms with E-state index < -0.39 is 10.4 Å². The Morgan fingerprint density at radius 3 is 2.22 bits per heavy atom. The van der Waals surface area contributed by atoms with Crippen LogP contribution in [0.3, 0.4) is 0 Å². The molecule has 0 fully saturated rings. The van der Waals surface area contributed by atoms with Crippen molar-refractivity contribution >= 4 is 22.0 Å². The molecule has 0 aliphatic heterocycles. The van der Waals surface area contributed by atoms with E-state index in [0.717, 1.165) is 12.0 Å². The lowest BCUT2D eigenvalue weighted by molar-refractivity contribution is -0.121. The summed E-state index contributed by atoms with van der Waals surface area (Å²) in [6.07, 6.45) is 0.852. The van der Waals surface area contributed by atoms with Crippen LogP contribution in [0.2, 0.25) is 0 Å². The molecule has 0 radical (unpaired) electrons. The van der Waals surface area contributed by atoms with Crippen LogP contribution in [0.15, 0.2) is 42.5 Å². The van der Waals surface area contributed by atoms with Crippen LogP contribution in [0.4, 0.5) is 5.69 Å². The maximum atomic E-state index is 11.1. The van der Waals surface area contributed by atoms with Crippen molar-refractivity contribution in [2.24, 2.45) is 0 Å². The number of nitrogens with zero attached hydrogens (tertiary/aromatic N) is 1. The molecule has 3 rings (SSSR count). The number of hydrogen-bond acceptors (Lipinski definition) is 4. The van der Waals surface area contributed by atoms with Crippen LogP contribution in [-0.4, -0.2) is 28.6 Å². The molecule has 1 amide bonds. The molecule has 0 atom stereocenters. The van der Waals surface area contributed by atoms with E-state index in [-0.39, 0.29) is 5.91 Å². The lowest BCUT2D eigenvalue weighted by atomic mass is 10.1. The maximum Gasteiger partial charge on any atom is 0.394 e. The Bertz CT molecular complexity index is 839. The first-order valence-corrected chi connectivity index (χ1v) is 7.97. The number of hydroxylamine groups is 1. The molecule has 0 bridgehead atoms. The van der Waals surface area contributed by atoms with Gasteiger partial charge in [-0.15, -0.1) is 0 Å². The number of carbonyl (C=O) groups is 1. The first kappa shape index (κ1) is 17.1. The highest BCUT2D eigenvalue weighted by Crippen LogP contribution is 2.37. The molecule has 3 N–H and O–H groups in total. The fourth-order valence-corrected chi connectivity index (χ4v) is 2.45. The van der Waals surface area contributed by atoms with Crippen LogP contribution in [-0.2, 0) is 21.6 Å². The van der Waals surface area contributed by atoms with Gasteiger partial charge in [-0.2, -0.15) is 13.5 Å². The summed E-state index contributed by atoms with van der Waals surface area (Å²) in [5.74, 6) is -0.384. The third-order valence-corrected chi connectivity index (χ3v) is 3.32. The van der Waals surface area contributed by atoms with Gasteiger partial charge in [0.1, 0.15) is 0 Å². The third kappa shape index (κ3) is 4.36. The van der Waals surface area contributed by atoms with Crippen molar-refractivity contribution in [3.8, 4) is 11.1 Å². The van der Waals surface area contributed by atoms with Gasteiger partial charge >= 0.3 is 10.4 Å². The molecule has 0 saturated carbocycles. The average Bonchev–Trinajstić information content (AvgIpc) is 2.82. The summed E-state index contributed by atoms with van der Waals surface area (Å²) >= 11 is 0. The first-order valence-electron chi connectivity index (χ1n) is 6.57. The highest BCUT2D eigenvalue weighted by atomic mass is 32.3. The topological polar surface area (TPSA) is 115 Å². The number of hydrogen-bond donors (Lipinski definition) is 3. The second-order valence-corrected chi connectivity index (χ2v) is 5.85. The molecule has 1 aliphatic carbocycles. The van der Waals surface area contributed by atoms with E-state index in [0.29, 0.717) is 10.8 Å². The molecular weight excluding hydrogens is 322 g/mol. The van der Waals surface area contributed by atoms with Gasteiger partial charge in [0, 0.05) is 6.92 Å². The Morgan fingerprint density at radius 2 is 1.61 bits per heavy atom. The zero-order valence-corrected chi connectivity index (χ0v) is 13.0. The molecule has 0 saturated heterocycles. The van der Waals surface area contributed by atoms with Gasteiger partial charge in [-0.3, -0.25) is 19.1 Å². The quantitative estimate of drug-likeness (QED) is 0.357. The fraction of sp³-hybridized carbons (Fsp3) is 0.133. The SMILES string of the molecule is CC(=O)N(O)c1ccc2c(c1)Cc1ccccc1-2.O=S(=O)(O)O. The molecule has 1 aliphatic rings. The summed E-state index contributed by atoms with van der Waals surface area (Å²) in [6, 6.07) is 13.9. The monoisotopic (exact) mass is 337 g/mol. The third-order valence-electron chi connectivity index (χ3n) is 3.32. The van der Waals surface area contributed by atoms with Gasteiger partial charge in [-0.25, -0.2) is 0 Å². The molecule has 0 spiro atoms. The second-order valence-electron chi connectivity index (χ2n) is 4.95. The molecule has 0 unspecified atom stereocenters. The number of fused-ring (bicyclic) bond motifs is 3. The Labute approximate surface area is 133 Å². The van der Waals surface area contributed by atoms with Crippen LogP contribution in [0.1, 0.15) is 18.1 Å². The molecule has 8 heteroatoms. The van der Waals surface area contributed by atoms with Crippen molar-refractivity contribution in [2.75, 3.05) is 5.06 Å². The molecular formula is C15H15NO6S. The summed E-state index contributed by atoms with van der Waals surface area (Å²) in [6.45, 7) is 1.34. The highest BCUT2D eigenvalue weighted by molar-refractivity contribution is 7.79. The van der Waals surface area contributed by atoms with Crippen molar-refractivity contribution in [1.82, 2.24) is 0 Å². The van der Waals surface area contributed by atoms with Crippen molar-refractivity contribution < 1.29 is 27.5 Å². The largest absolute Gasteiger partial charge is 0.394 e. The summed E-state index contributed by atoms with van der Waals surface area (Å²) < 4.78 is 31.6. The van der Waals surface area contributed by atoms with E-state index >= 15 is 0 Å². The smallest absolute Gasteiger partial charge is 0.281 e. The molecule has 7 nitrogen and oxygen atoms in total. The Hall–Kier alpha value is -2.26. The van der Waals surface area contributed by atoms with E-state index in [2.05, 4.69) is 12.1 Å². The van der Waals surface area contributed by atoms with Crippen molar-refractivity contribution in [3.63, 3.8) is 0 Å². The number of benzene rings is 2. The van der Waals surface area contributed by atoms with Gasteiger partial charge in [-0.1, -0.05) is 30.3 Å². The molecule has 2 aromatic carbocycles. The first-order chi connectivity index (χ1) is 10.7. The zero-order chi connectivity index (χ0) is 17.2. The molecule has 2 aromatic rings. The van der Waals surface area contributed by atoms with Crippen LogP contribution in [0.5, 0.6) is 0 Å². The summed E-state index contributed by atoms with van der Waals surface area (Å²) in [4.78, 5) is 11.1. The van der Waals surface area contributed by atoms with Crippen LogP contribution >= 0.6 is 0 Å². The van der Waals surface area contributed by atoms with Crippen molar-refractivity contribution in [3.05, 3.63) is 53.6 Å². The van der Waals surface area contributed by atoms with Gasteiger partial charge in [-0.05, 0) is 40.8 Å². The van der Waals surface area contributed by atoms with Gasteiger partial charge in [0.05, 0.1) is 5.69 Å². The van der Waals surface area contributed by atoms with Crippen molar-refractivity contribution in [2.45, 2.75) is 13.3 Å². The van der Waals surface area contributed by atoms with Crippen LogP contribution < -0.4 is 5.06 Å². The Morgan fingerprint density at radius 1 is 1.04 bits per heavy atom. The lowest BCUT2D eigenvalue weighted by Crippen LogP contribution is -2.23. The average molecular weight is 337 g/mol. The molecule has 0 aromatic heterocycles. The highest BCUT2D eigenvalue weighted by Gasteiger charge is 2.19. The summed E-state index contributed by atoms with van der Waals surface area (Å²) in [5, 5.41) is 10.3. The van der Waals surface area contributed by atoms with Gasteiger partial charge in [0.15, 0.2) is 0 Å². The minimum absolute atomic E-state index is 0.384. The normalized spacial score (nSPS) is 11.8. The minimum Gasteiger partial charge on any atom is -0.281 e. The fourth-order valence-electron chi connectivity index (χ4n) is 2.45. The van der Waals surface area contributed by atoms with Gasteiger partial charge < -0.3 is 0 Å². The molecule has 122 valence electrons. The molecule has 0 heterocycles. The standard InChI is InChI=1S/C15H13NO2.H2O4S/c1-10(17)16(18)13-6-7-15-12(9-13)8-11-4-2-3-5-14(11)15;1-5(2,3)4/h2-7,9,18H,8H2,1H3;(H2,1,2,3,4). The summed E-state index contributed by atoms with van der Waals surface area (Å²) in [5.41, 5.74) is 5.39.